The number of carbonyl (C=O) groups excluding carboxylic acids is 1. The van der Waals surface area contributed by atoms with Crippen LogP contribution < -0.4 is 10.6 Å². The molecule has 1 aliphatic rings. The lowest BCUT2D eigenvalue weighted by atomic mass is 10.1. The van der Waals surface area contributed by atoms with Gasteiger partial charge in [-0.2, -0.15) is 0 Å². The Morgan fingerprint density at radius 1 is 1.18 bits per heavy atom. The van der Waals surface area contributed by atoms with E-state index in [0.717, 1.165) is 23.3 Å². The van der Waals surface area contributed by atoms with Crippen molar-refractivity contribution >= 4 is 17.4 Å². The van der Waals surface area contributed by atoms with E-state index < -0.39 is 0 Å². The van der Waals surface area contributed by atoms with Crippen LogP contribution in [0.4, 0.5) is 9.18 Å². The molecule has 1 saturated carbocycles. The highest BCUT2D eigenvalue weighted by atomic mass is 32.1. The first-order valence-electron chi connectivity index (χ1n) is 7.58. The molecule has 2 N–H and O–H groups in total. The van der Waals surface area contributed by atoms with Crippen molar-refractivity contribution in [2.75, 3.05) is 0 Å². The molecule has 3 rings (SSSR count). The quantitative estimate of drug-likeness (QED) is 0.871. The van der Waals surface area contributed by atoms with Gasteiger partial charge in [0, 0.05) is 10.9 Å². The maximum absolute atomic E-state index is 13.1. The first-order valence-corrected chi connectivity index (χ1v) is 8.46. The number of rotatable bonds is 4. The Balaban J connectivity index is 1.74. The zero-order valence-electron chi connectivity index (χ0n) is 12.2. The van der Waals surface area contributed by atoms with Gasteiger partial charge in [-0.3, -0.25) is 0 Å². The molecule has 3 nitrogen and oxygen atoms in total. The smallest absolute Gasteiger partial charge is 0.315 e. The van der Waals surface area contributed by atoms with Gasteiger partial charge < -0.3 is 10.6 Å². The second-order valence-corrected chi connectivity index (χ2v) is 6.58. The average Bonchev–Trinajstić information content (AvgIpc) is 3.19. The van der Waals surface area contributed by atoms with E-state index in [2.05, 4.69) is 10.6 Å². The van der Waals surface area contributed by atoms with E-state index in [0.29, 0.717) is 0 Å². The highest BCUT2D eigenvalue weighted by Gasteiger charge is 2.21. The van der Waals surface area contributed by atoms with E-state index in [1.54, 1.807) is 23.5 Å². The Morgan fingerprint density at radius 2 is 1.91 bits per heavy atom. The molecular formula is C17H19FN2OS. The largest absolute Gasteiger partial charge is 0.335 e. The Labute approximate surface area is 133 Å². The van der Waals surface area contributed by atoms with E-state index in [9.17, 15) is 9.18 Å². The fourth-order valence-corrected chi connectivity index (χ4v) is 3.66. The van der Waals surface area contributed by atoms with Gasteiger partial charge in [0.25, 0.3) is 0 Å². The molecule has 1 heterocycles. The van der Waals surface area contributed by atoms with Gasteiger partial charge in [0.15, 0.2) is 0 Å². The number of thiophene rings is 1. The third-order valence-electron chi connectivity index (χ3n) is 4.00. The summed E-state index contributed by atoms with van der Waals surface area (Å²) in [5.74, 6) is -0.274. The van der Waals surface area contributed by atoms with Gasteiger partial charge in [-0.15, -0.1) is 11.3 Å². The van der Waals surface area contributed by atoms with Crippen molar-refractivity contribution in [2.45, 2.75) is 37.8 Å². The zero-order valence-corrected chi connectivity index (χ0v) is 13.0. The summed E-state index contributed by atoms with van der Waals surface area (Å²) in [6, 6.07) is 10.1. The molecule has 1 aromatic heterocycles. The topological polar surface area (TPSA) is 41.1 Å². The number of hydrogen-bond donors (Lipinski definition) is 2. The second kappa shape index (κ2) is 6.92. The predicted molar refractivity (Wildman–Crippen MR) is 86.5 cm³/mol. The molecule has 1 unspecified atom stereocenters. The molecule has 116 valence electrons. The summed E-state index contributed by atoms with van der Waals surface area (Å²) in [4.78, 5) is 13.3. The lowest BCUT2D eigenvalue weighted by Crippen LogP contribution is -2.42. The summed E-state index contributed by atoms with van der Waals surface area (Å²) in [7, 11) is 0. The number of urea groups is 1. The van der Waals surface area contributed by atoms with Crippen LogP contribution in [0.15, 0.2) is 41.8 Å². The first-order chi connectivity index (χ1) is 10.7. The maximum Gasteiger partial charge on any atom is 0.315 e. The van der Waals surface area contributed by atoms with Gasteiger partial charge in [0.1, 0.15) is 5.82 Å². The van der Waals surface area contributed by atoms with E-state index >= 15 is 0 Å². The van der Waals surface area contributed by atoms with Crippen molar-refractivity contribution in [1.82, 2.24) is 10.6 Å². The highest BCUT2D eigenvalue weighted by molar-refractivity contribution is 7.10. The number of carbonyl (C=O) groups is 1. The molecule has 0 aliphatic heterocycles. The van der Waals surface area contributed by atoms with E-state index in [1.165, 1.54) is 25.0 Å². The van der Waals surface area contributed by atoms with Crippen molar-refractivity contribution in [3.8, 4) is 0 Å². The summed E-state index contributed by atoms with van der Waals surface area (Å²) in [6.45, 7) is 0. The monoisotopic (exact) mass is 318 g/mol. The average molecular weight is 318 g/mol. The van der Waals surface area contributed by atoms with Crippen molar-refractivity contribution in [3.05, 3.63) is 58.0 Å². The fourth-order valence-electron chi connectivity index (χ4n) is 2.86. The Morgan fingerprint density at radius 3 is 2.55 bits per heavy atom. The molecule has 2 amide bonds. The Bertz CT molecular complexity index is 606. The van der Waals surface area contributed by atoms with Crippen LogP contribution in [0.5, 0.6) is 0 Å². The molecule has 0 saturated heterocycles. The van der Waals surface area contributed by atoms with Crippen molar-refractivity contribution in [3.63, 3.8) is 0 Å². The molecule has 2 aromatic rings. The van der Waals surface area contributed by atoms with Crippen molar-refractivity contribution in [2.24, 2.45) is 0 Å². The van der Waals surface area contributed by atoms with Crippen LogP contribution in [0.3, 0.4) is 0 Å². The lowest BCUT2D eigenvalue weighted by Gasteiger charge is -2.20. The van der Waals surface area contributed by atoms with Crippen LogP contribution in [0, 0.1) is 5.82 Å². The molecule has 1 atom stereocenters. The summed E-state index contributed by atoms with van der Waals surface area (Å²) in [6.07, 6.45) is 4.45. The fraction of sp³-hybridized carbons (Fsp3) is 0.353. The lowest BCUT2D eigenvalue weighted by molar-refractivity contribution is 0.235. The van der Waals surface area contributed by atoms with Gasteiger partial charge in [-0.25, -0.2) is 9.18 Å². The predicted octanol–water partition coefficient (Wildman–Crippen LogP) is 4.22. The van der Waals surface area contributed by atoms with Crippen LogP contribution in [0.25, 0.3) is 0 Å². The third-order valence-corrected chi connectivity index (χ3v) is 4.93. The Hall–Kier alpha value is -1.88. The standard InChI is InChI=1S/C17H19FN2OS/c18-13-9-7-12(8-10-13)16(15-6-3-11-22-15)20-17(21)19-14-4-1-2-5-14/h3,6-11,14,16H,1-2,4-5H2,(H2,19,20,21). The number of amides is 2. The van der Waals surface area contributed by atoms with Gasteiger partial charge in [-0.05, 0) is 42.0 Å². The van der Waals surface area contributed by atoms with Gasteiger partial charge >= 0.3 is 6.03 Å². The summed E-state index contributed by atoms with van der Waals surface area (Å²) in [5.41, 5.74) is 0.880. The summed E-state index contributed by atoms with van der Waals surface area (Å²) >= 11 is 1.58. The van der Waals surface area contributed by atoms with Gasteiger partial charge in [0.05, 0.1) is 6.04 Å². The van der Waals surface area contributed by atoms with Crippen molar-refractivity contribution < 1.29 is 9.18 Å². The van der Waals surface area contributed by atoms with Crippen molar-refractivity contribution in [1.29, 1.82) is 0 Å². The first kappa shape index (κ1) is 15.0. The number of halogens is 1. The normalized spacial score (nSPS) is 16.4. The minimum absolute atomic E-state index is 0.158. The molecule has 0 bridgehead atoms. The van der Waals surface area contributed by atoms with Gasteiger partial charge in [0.2, 0.25) is 0 Å². The summed E-state index contributed by atoms with van der Waals surface area (Å²) < 4.78 is 13.1. The second-order valence-electron chi connectivity index (χ2n) is 5.60. The van der Waals surface area contributed by atoms with Gasteiger partial charge in [-0.1, -0.05) is 31.0 Å². The molecule has 22 heavy (non-hydrogen) atoms. The number of benzene rings is 1. The van der Waals surface area contributed by atoms with Crippen LogP contribution in [0.1, 0.15) is 42.2 Å². The zero-order chi connectivity index (χ0) is 15.4. The van der Waals surface area contributed by atoms with Crippen LogP contribution in [-0.4, -0.2) is 12.1 Å². The molecule has 0 radical (unpaired) electrons. The van der Waals surface area contributed by atoms with Crippen LogP contribution in [-0.2, 0) is 0 Å². The number of nitrogens with one attached hydrogen (secondary N) is 2. The molecule has 0 spiro atoms. The molecule has 5 heteroatoms. The molecule has 1 fully saturated rings. The SMILES string of the molecule is O=C(NC1CCCC1)NC(c1ccc(F)cc1)c1cccs1. The minimum Gasteiger partial charge on any atom is -0.335 e. The molecule has 1 aliphatic carbocycles. The minimum atomic E-state index is -0.274. The van der Waals surface area contributed by atoms with Crippen LogP contribution in [0.2, 0.25) is 0 Å². The number of hydrogen-bond acceptors (Lipinski definition) is 2. The highest BCUT2D eigenvalue weighted by Crippen LogP contribution is 2.26. The molecule has 1 aromatic carbocycles. The van der Waals surface area contributed by atoms with Crippen LogP contribution >= 0.6 is 11.3 Å². The third kappa shape index (κ3) is 3.65. The molecular weight excluding hydrogens is 299 g/mol. The summed E-state index contributed by atoms with van der Waals surface area (Å²) in [5, 5.41) is 8.03. The maximum atomic E-state index is 13.1. The van der Waals surface area contributed by atoms with E-state index in [1.807, 2.05) is 17.5 Å². The Kier molecular flexibility index (Phi) is 4.73. The van der Waals surface area contributed by atoms with E-state index in [4.69, 9.17) is 0 Å². The van der Waals surface area contributed by atoms with E-state index in [-0.39, 0.29) is 23.9 Å².